The number of piperidine rings is 1. The largest absolute Gasteiger partial charge is 0.334 e. The molecule has 1 aromatic rings. The standard InChI is InChI=1S/C16H23N3O/c1-12-10-13(7-9-17-12)16(20)19(15-5-6-15)11-14-4-2-3-8-18-14/h2-4,8,12-13,15,17H,5-7,9-11H2,1H3. The van der Waals surface area contributed by atoms with E-state index in [9.17, 15) is 4.79 Å². The molecule has 1 amide bonds. The van der Waals surface area contributed by atoms with Crippen LogP contribution in [-0.4, -0.2) is 34.4 Å². The van der Waals surface area contributed by atoms with Crippen molar-refractivity contribution in [1.29, 1.82) is 0 Å². The molecule has 1 saturated heterocycles. The minimum Gasteiger partial charge on any atom is -0.334 e. The second kappa shape index (κ2) is 5.92. The predicted molar refractivity (Wildman–Crippen MR) is 78.0 cm³/mol. The molecule has 4 heteroatoms. The summed E-state index contributed by atoms with van der Waals surface area (Å²) in [5.41, 5.74) is 0.995. The van der Waals surface area contributed by atoms with E-state index >= 15 is 0 Å². The molecule has 4 nitrogen and oxygen atoms in total. The van der Waals surface area contributed by atoms with Crippen LogP contribution in [0, 0.1) is 5.92 Å². The van der Waals surface area contributed by atoms with E-state index in [0.29, 0.717) is 24.5 Å². The van der Waals surface area contributed by atoms with E-state index < -0.39 is 0 Å². The Kier molecular flexibility index (Phi) is 4.01. The minimum absolute atomic E-state index is 0.190. The van der Waals surface area contributed by atoms with Crippen molar-refractivity contribution in [1.82, 2.24) is 15.2 Å². The lowest BCUT2D eigenvalue weighted by Gasteiger charge is -2.32. The Labute approximate surface area is 120 Å². The maximum Gasteiger partial charge on any atom is 0.226 e. The molecular formula is C16H23N3O. The van der Waals surface area contributed by atoms with Gasteiger partial charge in [0, 0.05) is 24.2 Å². The molecule has 0 aromatic carbocycles. The Morgan fingerprint density at radius 1 is 1.40 bits per heavy atom. The molecule has 3 rings (SSSR count). The van der Waals surface area contributed by atoms with Crippen molar-refractivity contribution < 1.29 is 4.79 Å². The normalized spacial score (nSPS) is 26.2. The Hall–Kier alpha value is -1.42. The van der Waals surface area contributed by atoms with E-state index in [1.54, 1.807) is 6.20 Å². The van der Waals surface area contributed by atoms with Crippen LogP contribution < -0.4 is 5.32 Å². The van der Waals surface area contributed by atoms with Gasteiger partial charge in [-0.3, -0.25) is 9.78 Å². The molecule has 2 heterocycles. The predicted octanol–water partition coefficient (Wildman–Crippen LogP) is 1.96. The molecule has 1 aromatic heterocycles. The van der Waals surface area contributed by atoms with Gasteiger partial charge in [-0.2, -0.15) is 0 Å². The van der Waals surface area contributed by atoms with Gasteiger partial charge in [-0.1, -0.05) is 6.07 Å². The molecule has 108 valence electrons. The summed E-state index contributed by atoms with van der Waals surface area (Å²) >= 11 is 0. The number of amides is 1. The molecule has 1 N–H and O–H groups in total. The van der Waals surface area contributed by atoms with Crippen LogP contribution in [0.15, 0.2) is 24.4 Å². The van der Waals surface area contributed by atoms with E-state index in [1.165, 1.54) is 0 Å². The maximum absolute atomic E-state index is 12.8. The lowest BCUT2D eigenvalue weighted by atomic mass is 9.92. The lowest BCUT2D eigenvalue weighted by Crippen LogP contribution is -2.44. The zero-order valence-corrected chi connectivity index (χ0v) is 12.1. The Morgan fingerprint density at radius 3 is 2.90 bits per heavy atom. The molecule has 1 aliphatic heterocycles. The second-order valence-corrected chi connectivity index (χ2v) is 6.09. The number of pyridine rings is 1. The van der Waals surface area contributed by atoms with Crippen LogP contribution in [0.5, 0.6) is 0 Å². The minimum atomic E-state index is 0.190. The van der Waals surface area contributed by atoms with E-state index in [0.717, 1.165) is 37.9 Å². The topological polar surface area (TPSA) is 45.2 Å². The van der Waals surface area contributed by atoms with Gasteiger partial charge in [-0.05, 0) is 51.3 Å². The Bertz CT molecular complexity index is 458. The zero-order valence-electron chi connectivity index (χ0n) is 12.1. The van der Waals surface area contributed by atoms with Crippen LogP contribution in [0.4, 0.5) is 0 Å². The molecule has 2 fully saturated rings. The monoisotopic (exact) mass is 273 g/mol. The first-order chi connectivity index (χ1) is 9.74. The highest BCUT2D eigenvalue weighted by Crippen LogP contribution is 2.31. The highest BCUT2D eigenvalue weighted by Gasteiger charge is 2.37. The molecule has 1 saturated carbocycles. The van der Waals surface area contributed by atoms with Crippen molar-refractivity contribution >= 4 is 5.91 Å². The number of hydrogen-bond donors (Lipinski definition) is 1. The van der Waals surface area contributed by atoms with Crippen LogP contribution in [-0.2, 0) is 11.3 Å². The van der Waals surface area contributed by atoms with Crippen molar-refractivity contribution in [3.8, 4) is 0 Å². The van der Waals surface area contributed by atoms with E-state index in [1.807, 2.05) is 18.2 Å². The van der Waals surface area contributed by atoms with Crippen molar-refractivity contribution in [2.45, 2.75) is 51.2 Å². The third-order valence-electron chi connectivity index (χ3n) is 4.30. The van der Waals surface area contributed by atoms with Gasteiger partial charge in [0.05, 0.1) is 12.2 Å². The number of carbonyl (C=O) groups excluding carboxylic acids is 1. The first-order valence-electron chi connectivity index (χ1n) is 7.68. The Morgan fingerprint density at radius 2 is 2.25 bits per heavy atom. The van der Waals surface area contributed by atoms with Gasteiger partial charge >= 0.3 is 0 Å². The van der Waals surface area contributed by atoms with Crippen LogP contribution in [0.25, 0.3) is 0 Å². The van der Waals surface area contributed by atoms with Crippen molar-refractivity contribution in [2.24, 2.45) is 5.92 Å². The molecule has 20 heavy (non-hydrogen) atoms. The smallest absolute Gasteiger partial charge is 0.226 e. The summed E-state index contributed by atoms with van der Waals surface area (Å²) in [6, 6.07) is 6.82. The van der Waals surface area contributed by atoms with Crippen LogP contribution in [0.2, 0.25) is 0 Å². The summed E-state index contributed by atoms with van der Waals surface area (Å²) in [5.74, 6) is 0.530. The van der Waals surface area contributed by atoms with Crippen molar-refractivity contribution in [3.05, 3.63) is 30.1 Å². The third-order valence-corrected chi connectivity index (χ3v) is 4.30. The first-order valence-corrected chi connectivity index (χ1v) is 7.68. The van der Waals surface area contributed by atoms with Crippen LogP contribution in [0.3, 0.4) is 0 Å². The molecule has 0 radical (unpaired) electrons. The molecule has 0 spiro atoms. The summed E-state index contributed by atoms with van der Waals surface area (Å²) < 4.78 is 0. The molecular weight excluding hydrogens is 250 g/mol. The number of carbonyl (C=O) groups is 1. The second-order valence-electron chi connectivity index (χ2n) is 6.09. The Balaban J connectivity index is 1.68. The maximum atomic E-state index is 12.8. The average Bonchev–Trinajstić information content (AvgIpc) is 3.30. The molecule has 2 atom stereocenters. The van der Waals surface area contributed by atoms with Gasteiger partial charge in [0.1, 0.15) is 0 Å². The molecule has 1 aliphatic carbocycles. The number of aromatic nitrogens is 1. The molecule has 2 aliphatic rings. The SMILES string of the molecule is CC1CC(C(=O)N(Cc2ccccn2)C2CC2)CCN1. The fourth-order valence-corrected chi connectivity index (χ4v) is 3.03. The number of nitrogens with zero attached hydrogens (tertiary/aromatic N) is 2. The zero-order chi connectivity index (χ0) is 13.9. The van der Waals surface area contributed by atoms with Gasteiger partial charge in [-0.15, -0.1) is 0 Å². The third kappa shape index (κ3) is 3.18. The van der Waals surface area contributed by atoms with Gasteiger partial charge < -0.3 is 10.2 Å². The van der Waals surface area contributed by atoms with Crippen LogP contribution in [0.1, 0.15) is 38.3 Å². The summed E-state index contributed by atoms with van der Waals surface area (Å²) in [7, 11) is 0. The average molecular weight is 273 g/mol. The fourth-order valence-electron chi connectivity index (χ4n) is 3.03. The lowest BCUT2D eigenvalue weighted by molar-refractivity contribution is -0.138. The van der Waals surface area contributed by atoms with Gasteiger partial charge in [0.25, 0.3) is 0 Å². The van der Waals surface area contributed by atoms with Gasteiger partial charge in [0.2, 0.25) is 5.91 Å². The van der Waals surface area contributed by atoms with E-state index in [-0.39, 0.29) is 5.92 Å². The summed E-state index contributed by atoms with van der Waals surface area (Å²) in [6.07, 6.45) is 6.04. The summed E-state index contributed by atoms with van der Waals surface area (Å²) in [5, 5.41) is 3.42. The summed E-state index contributed by atoms with van der Waals surface area (Å²) in [4.78, 5) is 19.2. The van der Waals surface area contributed by atoms with Gasteiger partial charge in [0.15, 0.2) is 0 Å². The van der Waals surface area contributed by atoms with Crippen molar-refractivity contribution in [2.75, 3.05) is 6.54 Å². The fraction of sp³-hybridized carbons (Fsp3) is 0.625. The highest BCUT2D eigenvalue weighted by atomic mass is 16.2. The molecule has 0 bridgehead atoms. The van der Waals surface area contributed by atoms with Crippen molar-refractivity contribution in [3.63, 3.8) is 0 Å². The number of nitrogens with one attached hydrogen (secondary N) is 1. The van der Waals surface area contributed by atoms with Gasteiger partial charge in [-0.25, -0.2) is 0 Å². The summed E-state index contributed by atoms with van der Waals surface area (Å²) in [6.45, 7) is 3.79. The molecule has 2 unspecified atom stereocenters. The van der Waals surface area contributed by atoms with Crippen LogP contribution >= 0.6 is 0 Å². The first kappa shape index (κ1) is 13.6. The quantitative estimate of drug-likeness (QED) is 0.912. The van der Waals surface area contributed by atoms with E-state index in [4.69, 9.17) is 0 Å². The van der Waals surface area contributed by atoms with E-state index in [2.05, 4.69) is 22.1 Å². The highest BCUT2D eigenvalue weighted by molar-refractivity contribution is 5.79. The number of rotatable bonds is 4. The number of hydrogen-bond acceptors (Lipinski definition) is 3.